The van der Waals surface area contributed by atoms with Gasteiger partial charge in [0.05, 0.1) is 0 Å². The average Bonchev–Trinajstić information content (AvgIpc) is 2.70. The van der Waals surface area contributed by atoms with Crippen molar-refractivity contribution in [3.05, 3.63) is 35.5 Å². The third kappa shape index (κ3) is 1.77. The van der Waals surface area contributed by atoms with Crippen LogP contribution in [0, 0.1) is 0 Å². The number of hydrogen-bond donors (Lipinski definition) is 2. The summed E-state index contributed by atoms with van der Waals surface area (Å²) in [6, 6.07) is 8.52. The molecule has 0 atom stereocenters. The van der Waals surface area contributed by atoms with E-state index in [-0.39, 0.29) is 0 Å². The van der Waals surface area contributed by atoms with Gasteiger partial charge < -0.3 is 10.3 Å². The highest BCUT2D eigenvalue weighted by Gasteiger charge is 2.13. The van der Waals surface area contributed by atoms with E-state index >= 15 is 0 Å². The number of nitrogens with one attached hydrogen (secondary N) is 2. The molecule has 3 rings (SSSR count). The van der Waals surface area contributed by atoms with Gasteiger partial charge in [-0.1, -0.05) is 32.0 Å². The molecule has 0 fully saturated rings. The Morgan fingerprint density at radius 1 is 1.13 bits per heavy atom. The number of aromatic nitrogens is 1. The first-order chi connectivity index (χ1) is 7.45. The Bertz CT molecular complexity index is 443. The molecule has 1 aliphatic rings. The minimum absolute atomic E-state index is 1.01. The normalized spacial score (nSPS) is 14.3. The van der Waals surface area contributed by atoms with Crippen LogP contribution in [0.4, 0.5) is 0 Å². The summed E-state index contributed by atoms with van der Waals surface area (Å²) in [5, 5.41) is 4.78. The first-order valence-corrected chi connectivity index (χ1v) is 5.74. The van der Waals surface area contributed by atoms with Gasteiger partial charge in [-0.25, -0.2) is 0 Å². The second kappa shape index (κ2) is 4.49. The average molecular weight is 202 g/mol. The van der Waals surface area contributed by atoms with Gasteiger partial charge in [0, 0.05) is 36.1 Å². The highest BCUT2D eigenvalue weighted by Crippen LogP contribution is 2.24. The largest absolute Gasteiger partial charge is 0.358 e. The predicted molar refractivity (Wildman–Crippen MR) is 65.1 cm³/mol. The van der Waals surface area contributed by atoms with Crippen molar-refractivity contribution in [2.24, 2.45) is 0 Å². The first kappa shape index (κ1) is 10.2. The molecule has 0 amide bonds. The van der Waals surface area contributed by atoms with Crippen molar-refractivity contribution in [1.82, 2.24) is 10.3 Å². The fourth-order valence-corrected chi connectivity index (χ4v) is 2.10. The molecule has 2 N–H and O–H groups in total. The van der Waals surface area contributed by atoms with E-state index in [9.17, 15) is 0 Å². The van der Waals surface area contributed by atoms with Crippen LogP contribution in [0.1, 0.15) is 25.1 Å². The molecule has 2 nitrogen and oxygen atoms in total. The molecule has 80 valence electrons. The smallest absolute Gasteiger partial charge is 0.0459 e. The number of para-hydroxylation sites is 1. The van der Waals surface area contributed by atoms with Crippen LogP contribution in [0.2, 0.25) is 0 Å². The molecule has 1 aromatic carbocycles. The SMILES string of the molecule is CC.c1ccc2c3c([nH]c2c1)CCNC3. The Morgan fingerprint density at radius 2 is 1.93 bits per heavy atom. The zero-order valence-corrected chi connectivity index (χ0v) is 9.43. The zero-order valence-electron chi connectivity index (χ0n) is 9.43. The summed E-state index contributed by atoms with van der Waals surface area (Å²) in [5.74, 6) is 0. The molecule has 0 saturated heterocycles. The second-order valence-electron chi connectivity index (χ2n) is 3.55. The molecule has 0 saturated carbocycles. The lowest BCUT2D eigenvalue weighted by molar-refractivity contribution is 0.641. The molecule has 2 heterocycles. The maximum atomic E-state index is 3.48. The molecule has 2 heteroatoms. The molecule has 0 bridgehead atoms. The van der Waals surface area contributed by atoms with Crippen molar-refractivity contribution in [3.8, 4) is 0 Å². The van der Waals surface area contributed by atoms with E-state index in [2.05, 4.69) is 34.6 Å². The van der Waals surface area contributed by atoms with E-state index in [1.54, 1.807) is 0 Å². The van der Waals surface area contributed by atoms with E-state index in [1.165, 1.54) is 22.2 Å². The summed E-state index contributed by atoms with van der Waals surface area (Å²) in [6.07, 6.45) is 1.13. The summed E-state index contributed by atoms with van der Waals surface area (Å²) >= 11 is 0. The van der Waals surface area contributed by atoms with Crippen molar-refractivity contribution in [2.75, 3.05) is 6.54 Å². The number of benzene rings is 1. The molecule has 0 spiro atoms. The number of aromatic amines is 1. The van der Waals surface area contributed by atoms with Gasteiger partial charge in [0.15, 0.2) is 0 Å². The van der Waals surface area contributed by atoms with E-state index in [4.69, 9.17) is 0 Å². The van der Waals surface area contributed by atoms with E-state index in [1.807, 2.05) is 13.8 Å². The summed E-state index contributed by atoms with van der Waals surface area (Å²) in [4.78, 5) is 3.48. The van der Waals surface area contributed by atoms with Gasteiger partial charge in [0.2, 0.25) is 0 Å². The molecule has 0 unspecified atom stereocenters. The molecule has 0 radical (unpaired) electrons. The quantitative estimate of drug-likeness (QED) is 0.675. The van der Waals surface area contributed by atoms with Crippen LogP contribution < -0.4 is 5.32 Å². The number of fused-ring (bicyclic) bond motifs is 3. The molecule has 2 aromatic rings. The Balaban J connectivity index is 0.000000404. The van der Waals surface area contributed by atoms with Crippen LogP contribution in [-0.2, 0) is 13.0 Å². The topological polar surface area (TPSA) is 27.8 Å². The summed E-state index contributed by atoms with van der Waals surface area (Å²) < 4.78 is 0. The number of H-pyrrole nitrogens is 1. The lowest BCUT2D eigenvalue weighted by Gasteiger charge is -2.12. The maximum Gasteiger partial charge on any atom is 0.0459 e. The Hall–Kier alpha value is -1.28. The first-order valence-electron chi connectivity index (χ1n) is 5.74. The predicted octanol–water partition coefficient (Wildman–Crippen LogP) is 2.84. The molecular formula is C13H18N2. The van der Waals surface area contributed by atoms with Gasteiger partial charge >= 0.3 is 0 Å². The van der Waals surface area contributed by atoms with Crippen molar-refractivity contribution in [1.29, 1.82) is 0 Å². The Kier molecular flexibility index (Phi) is 3.07. The Labute approximate surface area is 90.7 Å². The van der Waals surface area contributed by atoms with Gasteiger partial charge in [0.25, 0.3) is 0 Å². The lowest BCUT2D eigenvalue weighted by Crippen LogP contribution is -2.22. The van der Waals surface area contributed by atoms with Gasteiger partial charge in [-0.3, -0.25) is 0 Å². The van der Waals surface area contributed by atoms with Crippen LogP contribution in [0.5, 0.6) is 0 Å². The standard InChI is InChI=1S/C11H12N2.C2H6/c1-2-4-10-8(3-1)9-7-12-6-5-11(9)13-10;1-2/h1-4,12-13H,5-7H2;1-2H3. The minimum Gasteiger partial charge on any atom is -0.358 e. The Morgan fingerprint density at radius 3 is 2.80 bits per heavy atom. The van der Waals surface area contributed by atoms with Gasteiger partial charge in [-0.2, -0.15) is 0 Å². The van der Waals surface area contributed by atoms with Crippen molar-refractivity contribution >= 4 is 10.9 Å². The van der Waals surface area contributed by atoms with Gasteiger partial charge in [-0.15, -0.1) is 0 Å². The molecule has 1 aromatic heterocycles. The maximum absolute atomic E-state index is 3.48. The van der Waals surface area contributed by atoms with E-state index in [0.29, 0.717) is 0 Å². The molecule has 15 heavy (non-hydrogen) atoms. The minimum atomic E-state index is 1.01. The summed E-state index contributed by atoms with van der Waals surface area (Å²) in [5.41, 5.74) is 4.15. The van der Waals surface area contributed by atoms with Crippen LogP contribution in [0.25, 0.3) is 10.9 Å². The van der Waals surface area contributed by atoms with Gasteiger partial charge in [0.1, 0.15) is 0 Å². The number of hydrogen-bond acceptors (Lipinski definition) is 1. The van der Waals surface area contributed by atoms with Crippen LogP contribution >= 0.6 is 0 Å². The highest BCUT2D eigenvalue weighted by molar-refractivity contribution is 5.84. The van der Waals surface area contributed by atoms with Crippen molar-refractivity contribution in [3.63, 3.8) is 0 Å². The fourth-order valence-electron chi connectivity index (χ4n) is 2.10. The van der Waals surface area contributed by atoms with Gasteiger partial charge in [-0.05, 0) is 11.6 Å². The van der Waals surface area contributed by atoms with Crippen LogP contribution in [0.15, 0.2) is 24.3 Å². The third-order valence-electron chi connectivity index (χ3n) is 2.76. The second-order valence-corrected chi connectivity index (χ2v) is 3.55. The number of rotatable bonds is 0. The van der Waals surface area contributed by atoms with Crippen molar-refractivity contribution < 1.29 is 0 Å². The molecule has 1 aliphatic heterocycles. The van der Waals surface area contributed by atoms with E-state index in [0.717, 1.165) is 19.5 Å². The molecule has 0 aliphatic carbocycles. The third-order valence-corrected chi connectivity index (χ3v) is 2.76. The van der Waals surface area contributed by atoms with Crippen LogP contribution in [-0.4, -0.2) is 11.5 Å². The highest BCUT2D eigenvalue weighted by atomic mass is 14.9. The summed E-state index contributed by atoms with van der Waals surface area (Å²) in [7, 11) is 0. The monoisotopic (exact) mass is 202 g/mol. The summed E-state index contributed by atoms with van der Waals surface area (Å²) in [6.45, 7) is 6.11. The van der Waals surface area contributed by atoms with E-state index < -0.39 is 0 Å². The lowest BCUT2D eigenvalue weighted by atomic mass is 10.1. The zero-order chi connectivity index (χ0) is 10.7. The molecular weight excluding hydrogens is 184 g/mol. The fraction of sp³-hybridized carbons (Fsp3) is 0.385. The van der Waals surface area contributed by atoms with Crippen LogP contribution in [0.3, 0.4) is 0 Å². The van der Waals surface area contributed by atoms with Crippen molar-refractivity contribution in [2.45, 2.75) is 26.8 Å².